The molecular weight excluding hydrogens is 381 g/mol. The highest BCUT2D eigenvalue weighted by atomic mass is 19.4. The molecule has 1 aromatic heterocycles. The lowest BCUT2D eigenvalue weighted by atomic mass is 9.98. The average Bonchev–Trinajstić information content (AvgIpc) is 2.73. The van der Waals surface area contributed by atoms with Gasteiger partial charge in [0.25, 0.3) is 5.91 Å². The Bertz CT molecular complexity index is 970. The van der Waals surface area contributed by atoms with Gasteiger partial charge in [-0.2, -0.15) is 13.2 Å². The zero-order chi connectivity index (χ0) is 20.9. The first-order valence-electron chi connectivity index (χ1n) is 8.86. The monoisotopic (exact) mass is 400 g/mol. The van der Waals surface area contributed by atoms with E-state index in [1.807, 2.05) is 0 Å². The summed E-state index contributed by atoms with van der Waals surface area (Å²) in [6.07, 6.45) is -2.90. The van der Waals surface area contributed by atoms with Gasteiger partial charge in [-0.1, -0.05) is 30.3 Å². The van der Waals surface area contributed by atoms with E-state index in [1.165, 1.54) is 18.3 Å². The summed E-state index contributed by atoms with van der Waals surface area (Å²) in [5, 5.41) is 5.78. The van der Waals surface area contributed by atoms with Crippen LogP contribution >= 0.6 is 0 Å². The van der Waals surface area contributed by atoms with Crippen LogP contribution < -0.4 is 16.4 Å². The van der Waals surface area contributed by atoms with Crippen LogP contribution in [0.1, 0.15) is 15.9 Å². The van der Waals surface area contributed by atoms with Crippen molar-refractivity contribution in [1.82, 2.24) is 4.98 Å². The van der Waals surface area contributed by atoms with Gasteiger partial charge < -0.3 is 16.4 Å². The molecule has 1 amide bonds. The molecule has 0 aliphatic rings. The van der Waals surface area contributed by atoms with E-state index in [1.54, 1.807) is 36.4 Å². The lowest BCUT2D eigenvalue weighted by Crippen LogP contribution is -2.15. The topological polar surface area (TPSA) is 80.0 Å². The summed E-state index contributed by atoms with van der Waals surface area (Å²) in [6.45, 7) is 1.06. The van der Waals surface area contributed by atoms with E-state index in [0.717, 1.165) is 12.1 Å². The predicted octanol–water partition coefficient (Wildman–Crippen LogP) is 4.39. The number of amides is 1. The predicted molar refractivity (Wildman–Crippen MR) is 107 cm³/mol. The second-order valence-electron chi connectivity index (χ2n) is 6.22. The highest BCUT2D eigenvalue weighted by molar-refractivity contribution is 6.08. The molecule has 3 aromatic rings. The Kier molecular flexibility index (Phi) is 6.13. The molecule has 29 heavy (non-hydrogen) atoms. The van der Waals surface area contributed by atoms with Crippen molar-refractivity contribution < 1.29 is 18.0 Å². The summed E-state index contributed by atoms with van der Waals surface area (Å²) in [7, 11) is 0. The standard InChI is InChI=1S/C21H19F3N4O/c22-21(23,24)15-7-5-14(6-8-15)17-3-1-2-4-18(17)20(29)28-16-9-10-19(27-13-16)26-12-11-25/h1-10,13H,11-12,25H2,(H,26,27)(H,28,29). The third kappa shape index (κ3) is 5.11. The number of pyridine rings is 1. The normalized spacial score (nSPS) is 11.2. The number of alkyl halides is 3. The van der Waals surface area contributed by atoms with Crippen molar-refractivity contribution >= 4 is 17.4 Å². The van der Waals surface area contributed by atoms with Crippen molar-refractivity contribution in [3.8, 4) is 11.1 Å². The van der Waals surface area contributed by atoms with E-state index in [4.69, 9.17) is 5.73 Å². The highest BCUT2D eigenvalue weighted by Gasteiger charge is 2.30. The van der Waals surface area contributed by atoms with Crippen LogP contribution in [0.25, 0.3) is 11.1 Å². The van der Waals surface area contributed by atoms with Crippen molar-refractivity contribution in [2.75, 3.05) is 23.7 Å². The van der Waals surface area contributed by atoms with Gasteiger partial charge >= 0.3 is 6.18 Å². The number of hydrogen-bond donors (Lipinski definition) is 3. The second kappa shape index (κ2) is 8.74. The number of carbonyl (C=O) groups excluding carboxylic acids is 1. The number of carbonyl (C=O) groups is 1. The highest BCUT2D eigenvalue weighted by Crippen LogP contribution is 2.32. The number of aromatic nitrogens is 1. The maximum Gasteiger partial charge on any atom is 0.416 e. The molecule has 4 N–H and O–H groups in total. The number of rotatable bonds is 6. The van der Waals surface area contributed by atoms with Crippen LogP contribution in [-0.4, -0.2) is 24.0 Å². The summed E-state index contributed by atoms with van der Waals surface area (Å²) >= 11 is 0. The van der Waals surface area contributed by atoms with Crippen molar-refractivity contribution in [2.24, 2.45) is 5.73 Å². The van der Waals surface area contributed by atoms with E-state index >= 15 is 0 Å². The van der Waals surface area contributed by atoms with Gasteiger partial charge in [-0.25, -0.2) is 4.98 Å². The molecule has 0 bridgehead atoms. The smallest absolute Gasteiger partial charge is 0.369 e. The molecule has 0 aliphatic carbocycles. The van der Waals surface area contributed by atoms with Gasteiger partial charge in [0, 0.05) is 18.7 Å². The minimum atomic E-state index is -4.41. The summed E-state index contributed by atoms with van der Waals surface area (Å²) in [6, 6.07) is 14.9. The van der Waals surface area contributed by atoms with Crippen molar-refractivity contribution in [1.29, 1.82) is 0 Å². The molecule has 0 saturated heterocycles. The summed E-state index contributed by atoms with van der Waals surface area (Å²) in [5.41, 5.74) is 6.58. The number of nitrogens with zero attached hydrogens (tertiary/aromatic N) is 1. The fourth-order valence-corrected chi connectivity index (χ4v) is 2.74. The molecule has 2 aromatic carbocycles. The zero-order valence-electron chi connectivity index (χ0n) is 15.3. The van der Waals surface area contributed by atoms with Gasteiger partial charge in [-0.3, -0.25) is 4.79 Å². The molecule has 0 spiro atoms. The Morgan fingerprint density at radius 2 is 1.72 bits per heavy atom. The Morgan fingerprint density at radius 1 is 1.00 bits per heavy atom. The molecule has 0 fully saturated rings. The fraction of sp³-hybridized carbons (Fsp3) is 0.143. The maximum absolute atomic E-state index is 12.8. The van der Waals surface area contributed by atoms with E-state index in [9.17, 15) is 18.0 Å². The quantitative estimate of drug-likeness (QED) is 0.573. The van der Waals surface area contributed by atoms with Crippen LogP contribution in [-0.2, 0) is 6.18 Å². The Labute approximate surface area is 165 Å². The van der Waals surface area contributed by atoms with Crippen LogP contribution in [0.4, 0.5) is 24.7 Å². The number of halogens is 3. The molecule has 0 saturated carbocycles. The van der Waals surface area contributed by atoms with Crippen molar-refractivity contribution in [3.63, 3.8) is 0 Å². The molecule has 3 rings (SSSR count). The number of benzene rings is 2. The molecule has 5 nitrogen and oxygen atoms in total. The van der Waals surface area contributed by atoms with E-state index in [-0.39, 0.29) is 5.91 Å². The number of anilines is 2. The van der Waals surface area contributed by atoms with Crippen LogP contribution in [0.15, 0.2) is 66.9 Å². The van der Waals surface area contributed by atoms with Crippen molar-refractivity contribution in [3.05, 3.63) is 78.0 Å². The van der Waals surface area contributed by atoms with Gasteiger partial charge in [0.05, 0.1) is 17.4 Å². The van der Waals surface area contributed by atoms with Crippen LogP contribution in [0.3, 0.4) is 0 Å². The first-order chi connectivity index (χ1) is 13.9. The van der Waals surface area contributed by atoms with Gasteiger partial charge in [0.2, 0.25) is 0 Å². The Morgan fingerprint density at radius 3 is 2.34 bits per heavy atom. The summed E-state index contributed by atoms with van der Waals surface area (Å²) < 4.78 is 38.4. The third-order valence-electron chi connectivity index (χ3n) is 4.17. The summed E-state index contributed by atoms with van der Waals surface area (Å²) in [4.78, 5) is 16.9. The lowest BCUT2D eigenvalue weighted by Gasteiger charge is -2.12. The molecule has 150 valence electrons. The number of nitrogens with one attached hydrogen (secondary N) is 2. The third-order valence-corrected chi connectivity index (χ3v) is 4.17. The van der Waals surface area contributed by atoms with E-state index in [2.05, 4.69) is 15.6 Å². The van der Waals surface area contributed by atoms with E-state index < -0.39 is 11.7 Å². The first kappa shape index (κ1) is 20.3. The maximum atomic E-state index is 12.8. The SMILES string of the molecule is NCCNc1ccc(NC(=O)c2ccccc2-c2ccc(C(F)(F)F)cc2)cn1. The summed E-state index contributed by atoms with van der Waals surface area (Å²) in [5.74, 6) is 0.253. The largest absolute Gasteiger partial charge is 0.416 e. The first-order valence-corrected chi connectivity index (χ1v) is 8.86. The van der Waals surface area contributed by atoms with E-state index in [0.29, 0.717) is 41.3 Å². The average molecular weight is 400 g/mol. The van der Waals surface area contributed by atoms with Crippen LogP contribution in [0.2, 0.25) is 0 Å². The van der Waals surface area contributed by atoms with Crippen LogP contribution in [0.5, 0.6) is 0 Å². The van der Waals surface area contributed by atoms with Gasteiger partial charge in [0.15, 0.2) is 0 Å². The molecular formula is C21H19F3N4O. The minimum Gasteiger partial charge on any atom is -0.369 e. The zero-order valence-corrected chi connectivity index (χ0v) is 15.3. The van der Waals surface area contributed by atoms with Gasteiger partial charge in [-0.15, -0.1) is 0 Å². The molecule has 1 heterocycles. The molecule has 8 heteroatoms. The fourth-order valence-electron chi connectivity index (χ4n) is 2.74. The number of hydrogen-bond acceptors (Lipinski definition) is 4. The minimum absolute atomic E-state index is 0.345. The van der Waals surface area contributed by atoms with Crippen LogP contribution in [0, 0.1) is 0 Å². The molecule has 0 unspecified atom stereocenters. The van der Waals surface area contributed by atoms with Crippen molar-refractivity contribution in [2.45, 2.75) is 6.18 Å². The number of nitrogens with two attached hydrogens (primary N) is 1. The molecule has 0 radical (unpaired) electrons. The lowest BCUT2D eigenvalue weighted by molar-refractivity contribution is -0.137. The van der Waals surface area contributed by atoms with Gasteiger partial charge in [-0.05, 0) is 41.5 Å². The Balaban J connectivity index is 1.80. The molecule has 0 atom stereocenters. The molecule has 0 aliphatic heterocycles. The second-order valence-corrected chi connectivity index (χ2v) is 6.22. The Hall–Kier alpha value is -3.39. The van der Waals surface area contributed by atoms with Gasteiger partial charge in [0.1, 0.15) is 5.82 Å².